The first-order chi connectivity index (χ1) is 10.7. The first-order valence-electron chi connectivity index (χ1n) is 6.90. The molecule has 0 radical (unpaired) electrons. The highest BCUT2D eigenvalue weighted by Gasteiger charge is 2.25. The molecule has 22 heavy (non-hydrogen) atoms. The summed E-state index contributed by atoms with van der Waals surface area (Å²) in [6.07, 6.45) is 5.12. The van der Waals surface area contributed by atoms with Crippen molar-refractivity contribution < 1.29 is 9.53 Å². The van der Waals surface area contributed by atoms with E-state index in [1.54, 1.807) is 23.2 Å². The van der Waals surface area contributed by atoms with Crippen LogP contribution in [0.4, 0.5) is 4.79 Å². The molecule has 1 amide bonds. The number of halogens is 1. The van der Waals surface area contributed by atoms with Crippen molar-refractivity contribution in [3.63, 3.8) is 0 Å². The molecule has 1 unspecified atom stereocenters. The molecule has 1 aliphatic rings. The molecule has 110 valence electrons. The lowest BCUT2D eigenvalue weighted by atomic mass is 10.0. The molecule has 0 N–H and O–H groups in total. The van der Waals surface area contributed by atoms with Gasteiger partial charge < -0.3 is 4.74 Å². The summed E-state index contributed by atoms with van der Waals surface area (Å²) in [5, 5.41) is 0. The van der Waals surface area contributed by atoms with Crippen LogP contribution in [0.2, 0.25) is 0 Å². The van der Waals surface area contributed by atoms with E-state index >= 15 is 0 Å². The Labute approximate surface area is 137 Å². The molecular formula is C18H14BrNO2. The molecule has 3 rings (SSSR count). The zero-order chi connectivity index (χ0) is 15.4. The molecule has 0 saturated carbocycles. The van der Waals surface area contributed by atoms with Gasteiger partial charge in [0.2, 0.25) is 0 Å². The van der Waals surface area contributed by atoms with Crippen molar-refractivity contribution in [3.05, 3.63) is 89.1 Å². The third kappa shape index (κ3) is 3.28. The summed E-state index contributed by atoms with van der Waals surface area (Å²) in [6.45, 7) is 0. The van der Waals surface area contributed by atoms with E-state index < -0.39 is 6.09 Å². The SMILES string of the molecule is O=C(Oc1ccccc1)N1C=CC(Br)=CC1c1ccccc1. The van der Waals surface area contributed by atoms with Crippen molar-refractivity contribution in [2.75, 3.05) is 0 Å². The molecular weight excluding hydrogens is 342 g/mol. The molecule has 1 aliphatic heterocycles. The fourth-order valence-corrected chi connectivity index (χ4v) is 2.62. The third-order valence-electron chi connectivity index (χ3n) is 3.31. The van der Waals surface area contributed by atoms with Crippen molar-refractivity contribution in [3.8, 4) is 5.75 Å². The van der Waals surface area contributed by atoms with Crippen molar-refractivity contribution in [1.82, 2.24) is 4.90 Å². The number of rotatable bonds is 2. The van der Waals surface area contributed by atoms with Crippen molar-refractivity contribution >= 4 is 22.0 Å². The monoisotopic (exact) mass is 355 g/mol. The fourth-order valence-electron chi connectivity index (χ4n) is 2.25. The quantitative estimate of drug-likeness (QED) is 0.755. The zero-order valence-electron chi connectivity index (χ0n) is 11.7. The number of para-hydroxylation sites is 1. The van der Waals surface area contributed by atoms with Crippen LogP contribution in [0.25, 0.3) is 0 Å². The van der Waals surface area contributed by atoms with E-state index in [-0.39, 0.29) is 6.04 Å². The highest BCUT2D eigenvalue weighted by atomic mass is 79.9. The second-order valence-electron chi connectivity index (χ2n) is 4.81. The minimum Gasteiger partial charge on any atom is -0.410 e. The van der Waals surface area contributed by atoms with Crippen LogP contribution in [0.1, 0.15) is 11.6 Å². The molecule has 1 heterocycles. The van der Waals surface area contributed by atoms with Crippen LogP contribution >= 0.6 is 15.9 Å². The number of ether oxygens (including phenoxy) is 1. The Balaban J connectivity index is 1.84. The summed E-state index contributed by atoms with van der Waals surface area (Å²) in [7, 11) is 0. The van der Waals surface area contributed by atoms with Gasteiger partial charge in [-0.25, -0.2) is 4.79 Å². The van der Waals surface area contributed by atoms with Crippen LogP contribution in [0.5, 0.6) is 5.75 Å². The summed E-state index contributed by atoms with van der Waals surface area (Å²) in [5.74, 6) is 0.529. The van der Waals surface area contributed by atoms with Gasteiger partial charge in [-0.2, -0.15) is 0 Å². The molecule has 1 atom stereocenters. The topological polar surface area (TPSA) is 29.5 Å². The maximum atomic E-state index is 12.5. The highest BCUT2D eigenvalue weighted by molar-refractivity contribution is 9.11. The van der Waals surface area contributed by atoms with Gasteiger partial charge in [-0.1, -0.05) is 64.5 Å². The van der Waals surface area contributed by atoms with E-state index in [9.17, 15) is 4.79 Å². The number of amides is 1. The largest absolute Gasteiger partial charge is 0.420 e. The normalized spacial score (nSPS) is 17.0. The molecule has 0 aromatic heterocycles. The van der Waals surface area contributed by atoms with Gasteiger partial charge in [0.05, 0.1) is 6.04 Å². The predicted octanol–water partition coefficient (Wildman–Crippen LogP) is 5.03. The first-order valence-corrected chi connectivity index (χ1v) is 7.69. The van der Waals surface area contributed by atoms with Gasteiger partial charge in [-0.15, -0.1) is 0 Å². The minimum absolute atomic E-state index is 0.197. The second kappa shape index (κ2) is 6.62. The Morgan fingerprint density at radius 2 is 1.64 bits per heavy atom. The van der Waals surface area contributed by atoms with Gasteiger partial charge in [-0.3, -0.25) is 4.90 Å². The lowest BCUT2D eigenvalue weighted by molar-refractivity contribution is 0.161. The number of carbonyl (C=O) groups excluding carboxylic acids is 1. The van der Waals surface area contributed by atoms with Gasteiger partial charge >= 0.3 is 6.09 Å². The van der Waals surface area contributed by atoms with Crippen LogP contribution in [-0.2, 0) is 0 Å². The Hall–Kier alpha value is -2.33. The van der Waals surface area contributed by atoms with Crippen molar-refractivity contribution in [2.45, 2.75) is 6.04 Å². The molecule has 4 heteroatoms. The van der Waals surface area contributed by atoms with Gasteiger partial charge in [0.15, 0.2) is 0 Å². The number of hydrogen-bond acceptors (Lipinski definition) is 2. The van der Waals surface area contributed by atoms with E-state index in [4.69, 9.17) is 4.74 Å². The van der Waals surface area contributed by atoms with Gasteiger partial charge in [0.25, 0.3) is 0 Å². The van der Waals surface area contributed by atoms with Gasteiger partial charge in [0.1, 0.15) is 5.75 Å². The smallest absolute Gasteiger partial charge is 0.410 e. The molecule has 3 nitrogen and oxygen atoms in total. The minimum atomic E-state index is -0.410. The maximum absolute atomic E-state index is 12.5. The lowest BCUT2D eigenvalue weighted by Gasteiger charge is -2.28. The van der Waals surface area contributed by atoms with Crippen LogP contribution in [0.15, 0.2) is 83.5 Å². The maximum Gasteiger partial charge on any atom is 0.420 e. The number of nitrogens with zero attached hydrogens (tertiary/aromatic N) is 1. The molecule has 2 aromatic carbocycles. The number of benzene rings is 2. The fraction of sp³-hybridized carbons (Fsp3) is 0.0556. The van der Waals surface area contributed by atoms with E-state index in [2.05, 4.69) is 15.9 Å². The second-order valence-corrected chi connectivity index (χ2v) is 5.73. The van der Waals surface area contributed by atoms with E-state index in [0.717, 1.165) is 10.0 Å². The molecule has 0 saturated heterocycles. The average Bonchev–Trinajstić information content (AvgIpc) is 2.56. The van der Waals surface area contributed by atoms with Crippen LogP contribution in [-0.4, -0.2) is 11.0 Å². The summed E-state index contributed by atoms with van der Waals surface area (Å²) in [5.41, 5.74) is 1.02. The number of carbonyl (C=O) groups is 1. The third-order valence-corrected chi connectivity index (χ3v) is 3.84. The van der Waals surface area contributed by atoms with E-state index in [1.165, 1.54) is 0 Å². The molecule has 0 fully saturated rings. The summed E-state index contributed by atoms with van der Waals surface area (Å²) in [6, 6.07) is 18.7. The van der Waals surface area contributed by atoms with Crippen molar-refractivity contribution in [2.24, 2.45) is 0 Å². The van der Waals surface area contributed by atoms with Crippen LogP contribution < -0.4 is 4.74 Å². The average molecular weight is 356 g/mol. The van der Waals surface area contributed by atoms with Gasteiger partial charge in [0, 0.05) is 10.7 Å². The van der Waals surface area contributed by atoms with E-state index in [0.29, 0.717) is 5.75 Å². The number of allylic oxidation sites excluding steroid dienone is 2. The van der Waals surface area contributed by atoms with E-state index in [1.807, 2.05) is 60.7 Å². The Morgan fingerprint density at radius 1 is 1.00 bits per heavy atom. The van der Waals surface area contributed by atoms with Crippen LogP contribution in [0, 0.1) is 0 Å². The van der Waals surface area contributed by atoms with Crippen LogP contribution in [0.3, 0.4) is 0 Å². The zero-order valence-corrected chi connectivity index (χ0v) is 13.3. The first kappa shape index (κ1) is 14.6. The summed E-state index contributed by atoms with van der Waals surface area (Å²) < 4.78 is 6.37. The molecule has 0 spiro atoms. The molecule has 0 aliphatic carbocycles. The Morgan fingerprint density at radius 3 is 2.32 bits per heavy atom. The molecule has 2 aromatic rings. The highest BCUT2D eigenvalue weighted by Crippen LogP contribution is 2.30. The standard InChI is InChI=1S/C18H14BrNO2/c19-15-11-12-20(17(13-15)14-7-3-1-4-8-14)18(21)22-16-9-5-2-6-10-16/h1-13,17H. The predicted molar refractivity (Wildman–Crippen MR) is 89.6 cm³/mol. The van der Waals surface area contributed by atoms with Gasteiger partial charge in [-0.05, 0) is 29.8 Å². The lowest BCUT2D eigenvalue weighted by Crippen LogP contribution is -2.33. The summed E-state index contributed by atoms with van der Waals surface area (Å²) >= 11 is 3.46. The Bertz CT molecular complexity index is 710. The number of hydrogen-bond donors (Lipinski definition) is 0. The summed E-state index contributed by atoms with van der Waals surface area (Å²) in [4.78, 5) is 14.0. The molecule has 0 bridgehead atoms. The van der Waals surface area contributed by atoms with Crippen molar-refractivity contribution in [1.29, 1.82) is 0 Å². The Kier molecular flexibility index (Phi) is 4.39.